The van der Waals surface area contributed by atoms with Crippen LogP contribution in [0.3, 0.4) is 0 Å². The number of ether oxygens (including phenoxy) is 1. The van der Waals surface area contributed by atoms with Crippen LogP contribution in [0.5, 0.6) is 0 Å². The van der Waals surface area contributed by atoms with Crippen LogP contribution in [0.4, 0.5) is 0 Å². The van der Waals surface area contributed by atoms with Crippen molar-refractivity contribution in [2.75, 3.05) is 26.2 Å². The van der Waals surface area contributed by atoms with Crippen LogP contribution in [0, 0.1) is 6.92 Å². The van der Waals surface area contributed by atoms with Gasteiger partial charge in [-0.3, -0.25) is 4.79 Å². The van der Waals surface area contributed by atoms with Crippen molar-refractivity contribution in [3.05, 3.63) is 35.4 Å². The van der Waals surface area contributed by atoms with Gasteiger partial charge in [0, 0.05) is 25.7 Å². The number of amides is 1. The van der Waals surface area contributed by atoms with Crippen LogP contribution in [-0.4, -0.2) is 49.2 Å². The molecule has 0 spiro atoms. The van der Waals surface area contributed by atoms with Crippen molar-refractivity contribution in [3.8, 4) is 0 Å². The highest BCUT2D eigenvalue weighted by atomic mass is 16.5. The maximum atomic E-state index is 12.7. The summed E-state index contributed by atoms with van der Waals surface area (Å²) < 4.78 is 5.63. The van der Waals surface area contributed by atoms with E-state index in [0.717, 1.165) is 25.9 Å². The molecule has 2 atom stereocenters. The molecule has 1 heterocycles. The third kappa shape index (κ3) is 4.31. The van der Waals surface area contributed by atoms with E-state index < -0.39 is 0 Å². The molecule has 1 aliphatic rings. The Balaban J connectivity index is 2.05. The Kier molecular flexibility index (Phi) is 6.40. The molecule has 1 fully saturated rings. The number of benzene rings is 1. The van der Waals surface area contributed by atoms with Gasteiger partial charge in [0.1, 0.15) is 6.10 Å². The van der Waals surface area contributed by atoms with Crippen LogP contribution >= 0.6 is 0 Å². The second-order valence-corrected chi connectivity index (χ2v) is 5.94. The normalized spacial score (nSPS) is 19.7. The molecule has 4 heteroatoms. The maximum absolute atomic E-state index is 12.7. The first kappa shape index (κ1) is 17.0. The molecule has 2 rings (SSSR count). The van der Waals surface area contributed by atoms with Gasteiger partial charge in [0.05, 0.1) is 6.61 Å². The summed E-state index contributed by atoms with van der Waals surface area (Å²) in [5.41, 5.74) is 2.55. The summed E-state index contributed by atoms with van der Waals surface area (Å²) in [6, 6.07) is 8.82. The second-order valence-electron chi connectivity index (χ2n) is 5.94. The largest absolute Gasteiger partial charge is 0.366 e. The first-order valence-electron chi connectivity index (χ1n) is 8.34. The zero-order valence-corrected chi connectivity index (χ0v) is 14.0. The van der Waals surface area contributed by atoms with Gasteiger partial charge in [-0.25, -0.2) is 0 Å². The lowest BCUT2D eigenvalue weighted by atomic mass is 10.0. The Morgan fingerprint density at radius 1 is 1.36 bits per heavy atom. The predicted octanol–water partition coefficient (Wildman–Crippen LogP) is 2.15. The number of morpholine rings is 1. The highest BCUT2D eigenvalue weighted by Crippen LogP contribution is 2.15. The zero-order valence-electron chi connectivity index (χ0n) is 14.0. The van der Waals surface area contributed by atoms with E-state index in [1.807, 2.05) is 11.8 Å². The van der Waals surface area contributed by atoms with E-state index in [9.17, 15) is 4.79 Å². The van der Waals surface area contributed by atoms with Crippen LogP contribution in [0.25, 0.3) is 0 Å². The van der Waals surface area contributed by atoms with Crippen molar-refractivity contribution in [3.63, 3.8) is 0 Å². The van der Waals surface area contributed by atoms with E-state index in [2.05, 4.69) is 43.4 Å². The van der Waals surface area contributed by atoms with Gasteiger partial charge in [-0.2, -0.15) is 0 Å². The number of aryl methyl sites for hydroxylation is 1. The van der Waals surface area contributed by atoms with Crippen molar-refractivity contribution in [2.24, 2.45) is 0 Å². The van der Waals surface area contributed by atoms with Crippen molar-refractivity contribution in [2.45, 2.75) is 45.8 Å². The van der Waals surface area contributed by atoms with Crippen LogP contribution in [-0.2, 0) is 16.0 Å². The summed E-state index contributed by atoms with van der Waals surface area (Å²) >= 11 is 0. The second kappa shape index (κ2) is 8.30. The van der Waals surface area contributed by atoms with Gasteiger partial charge < -0.3 is 15.0 Å². The number of rotatable bonds is 6. The molecule has 1 aromatic rings. The lowest BCUT2D eigenvalue weighted by Crippen LogP contribution is -2.52. The van der Waals surface area contributed by atoms with E-state index in [0.29, 0.717) is 13.2 Å². The van der Waals surface area contributed by atoms with E-state index >= 15 is 0 Å². The van der Waals surface area contributed by atoms with Crippen LogP contribution in [0.1, 0.15) is 31.4 Å². The molecule has 0 saturated carbocycles. The average molecular weight is 304 g/mol. The van der Waals surface area contributed by atoms with E-state index in [1.165, 1.54) is 11.1 Å². The molecule has 1 aromatic carbocycles. The summed E-state index contributed by atoms with van der Waals surface area (Å²) in [5.74, 6) is 0.119. The Bertz CT molecular complexity index is 466. The molecule has 4 nitrogen and oxygen atoms in total. The molecule has 22 heavy (non-hydrogen) atoms. The van der Waals surface area contributed by atoms with Crippen molar-refractivity contribution >= 4 is 5.91 Å². The van der Waals surface area contributed by atoms with Gasteiger partial charge in [0.2, 0.25) is 0 Å². The molecule has 0 aromatic heterocycles. The molecule has 1 aliphatic heterocycles. The van der Waals surface area contributed by atoms with Gasteiger partial charge >= 0.3 is 0 Å². The van der Waals surface area contributed by atoms with Crippen molar-refractivity contribution < 1.29 is 9.53 Å². The number of carbonyl (C=O) groups excluding carboxylic acids is 1. The van der Waals surface area contributed by atoms with E-state index in [4.69, 9.17) is 4.74 Å². The summed E-state index contributed by atoms with van der Waals surface area (Å²) in [4.78, 5) is 14.7. The topological polar surface area (TPSA) is 41.6 Å². The Morgan fingerprint density at radius 3 is 2.64 bits per heavy atom. The molecule has 1 saturated heterocycles. The highest BCUT2D eigenvalue weighted by Gasteiger charge is 2.29. The molecular formula is C18H28N2O2. The minimum Gasteiger partial charge on any atom is -0.366 e. The third-order valence-corrected chi connectivity index (χ3v) is 4.33. The summed E-state index contributed by atoms with van der Waals surface area (Å²) in [7, 11) is 0. The average Bonchev–Trinajstić information content (AvgIpc) is 2.57. The Morgan fingerprint density at radius 2 is 2.09 bits per heavy atom. The van der Waals surface area contributed by atoms with Crippen LogP contribution < -0.4 is 5.32 Å². The molecule has 1 amide bonds. The van der Waals surface area contributed by atoms with Crippen molar-refractivity contribution in [1.29, 1.82) is 0 Å². The number of nitrogens with zero attached hydrogens (tertiary/aromatic N) is 1. The fourth-order valence-corrected chi connectivity index (χ4v) is 2.97. The number of likely N-dealkylation sites (N-methyl/N-ethyl adjacent to an activating group) is 1. The first-order valence-corrected chi connectivity index (χ1v) is 8.34. The van der Waals surface area contributed by atoms with Gasteiger partial charge in [0.15, 0.2) is 0 Å². The quantitative estimate of drug-likeness (QED) is 0.875. The lowest BCUT2D eigenvalue weighted by molar-refractivity contribution is -0.147. The molecule has 0 aliphatic carbocycles. The minimum absolute atomic E-state index is 0.119. The molecule has 0 radical (unpaired) electrons. The standard InChI is InChI=1S/C18H28N2O2/c1-4-16(12-15-8-6-14(3)7-9-15)20(5-2)18(21)17-13-19-10-11-22-17/h6-9,16-17,19H,4-5,10-13H2,1-3H3. The molecule has 122 valence electrons. The van der Waals surface area contributed by atoms with Crippen LogP contribution in [0.2, 0.25) is 0 Å². The fraction of sp³-hybridized carbons (Fsp3) is 0.611. The molecule has 1 N–H and O–H groups in total. The summed E-state index contributed by atoms with van der Waals surface area (Å²) in [5, 5.41) is 3.24. The van der Waals surface area contributed by atoms with Crippen LogP contribution in [0.15, 0.2) is 24.3 Å². The molecule has 2 unspecified atom stereocenters. The van der Waals surface area contributed by atoms with E-state index in [-0.39, 0.29) is 18.1 Å². The third-order valence-electron chi connectivity index (χ3n) is 4.33. The summed E-state index contributed by atoms with van der Waals surface area (Å²) in [6.07, 6.45) is 1.52. The highest BCUT2D eigenvalue weighted by molar-refractivity contribution is 5.81. The van der Waals surface area contributed by atoms with Gasteiger partial charge in [0.25, 0.3) is 5.91 Å². The number of hydrogen-bond donors (Lipinski definition) is 1. The molecule has 0 bridgehead atoms. The maximum Gasteiger partial charge on any atom is 0.253 e. The van der Waals surface area contributed by atoms with Gasteiger partial charge in [-0.15, -0.1) is 0 Å². The Hall–Kier alpha value is -1.39. The monoisotopic (exact) mass is 304 g/mol. The number of nitrogens with one attached hydrogen (secondary N) is 1. The Labute approximate surface area is 133 Å². The fourth-order valence-electron chi connectivity index (χ4n) is 2.97. The minimum atomic E-state index is -0.333. The first-order chi connectivity index (χ1) is 10.7. The van der Waals surface area contributed by atoms with Gasteiger partial charge in [-0.1, -0.05) is 36.8 Å². The summed E-state index contributed by atoms with van der Waals surface area (Å²) in [6.45, 7) is 9.08. The molecular weight excluding hydrogens is 276 g/mol. The van der Waals surface area contributed by atoms with E-state index in [1.54, 1.807) is 0 Å². The number of hydrogen-bond acceptors (Lipinski definition) is 3. The van der Waals surface area contributed by atoms with Gasteiger partial charge in [-0.05, 0) is 32.3 Å². The number of carbonyl (C=O) groups is 1. The zero-order chi connectivity index (χ0) is 15.9. The van der Waals surface area contributed by atoms with Crippen molar-refractivity contribution in [1.82, 2.24) is 10.2 Å². The predicted molar refractivity (Wildman–Crippen MR) is 89.0 cm³/mol. The smallest absolute Gasteiger partial charge is 0.253 e. The lowest BCUT2D eigenvalue weighted by Gasteiger charge is -2.34. The SMILES string of the molecule is CCC(Cc1ccc(C)cc1)N(CC)C(=O)C1CNCCO1.